The van der Waals surface area contributed by atoms with Crippen molar-refractivity contribution in [3.63, 3.8) is 0 Å². The molecule has 1 aromatic carbocycles. The highest BCUT2D eigenvalue weighted by Gasteiger charge is 2.30. The first-order chi connectivity index (χ1) is 8.85. The van der Waals surface area contributed by atoms with E-state index >= 15 is 0 Å². The quantitative estimate of drug-likeness (QED) is 0.874. The zero-order valence-corrected chi connectivity index (χ0v) is 11.0. The molecule has 0 amide bonds. The van der Waals surface area contributed by atoms with Gasteiger partial charge in [-0.05, 0) is 30.5 Å². The predicted molar refractivity (Wildman–Crippen MR) is 74.2 cm³/mol. The minimum absolute atomic E-state index is 0.640. The van der Waals surface area contributed by atoms with Crippen molar-refractivity contribution in [2.24, 2.45) is 5.73 Å². The normalized spacial score (nSPS) is 25.3. The van der Waals surface area contributed by atoms with Crippen molar-refractivity contribution in [3.8, 4) is 0 Å². The lowest BCUT2D eigenvalue weighted by Crippen LogP contribution is -2.49. The van der Waals surface area contributed by atoms with Gasteiger partial charge in [0.05, 0.1) is 0 Å². The molecule has 2 aliphatic rings. The standard InChI is InChI=1S/C15H23N3/c16-10-13-3-5-14(6-4-13)11-17-8-9-18-7-1-2-15(18)12-17/h3-6,15H,1-2,7-12,16H2/t15-/m1/s1. The molecule has 0 spiro atoms. The molecule has 3 rings (SSSR count). The molecule has 3 nitrogen and oxygen atoms in total. The van der Waals surface area contributed by atoms with E-state index in [-0.39, 0.29) is 0 Å². The summed E-state index contributed by atoms with van der Waals surface area (Å²) < 4.78 is 0. The maximum Gasteiger partial charge on any atom is 0.0234 e. The average molecular weight is 245 g/mol. The summed E-state index contributed by atoms with van der Waals surface area (Å²) in [6.07, 6.45) is 2.78. The summed E-state index contributed by atoms with van der Waals surface area (Å²) in [5.74, 6) is 0. The lowest BCUT2D eigenvalue weighted by atomic mass is 10.1. The van der Waals surface area contributed by atoms with Crippen molar-refractivity contribution in [2.75, 3.05) is 26.2 Å². The maximum absolute atomic E-state index is 5.63. The van der Waals surface area contributed by atoms with Crippen LogP contribution in [0, 0.1) is 0 Å². The molecule has 2 heterocycles. The average Bonchev–Trinajstić information content (AvgIpc) is 2.87. The molecule has 2 aliphatic heterocycles. The molecule has 0 unspecified atom stereocenters. The van der Waals surface area contributed by atoms with Crippen molar-refractivity contribution < 1.29 is 0 Å². The zero-order chi connectivity index (χ0) is 12.4. The number of hydrogen-bond acceptors (Lipinski definition) is 3. The monoisotopic (exact) mass is 245 g/mol. The Morgan fingerprint density at radius 3 is 2.61 bits per heavy atom. The Bertz CT molecular complexity index is 387. The number of benzene rings is 1. The maximum atomic E-state index is 5.63. The Morgan fingerprint density at radius 2 is 1.83 bits per heavy atom. The van der Waals surface area contributed by atoms with E-state index in [9.17, 15) is 0 Å². The van der Waals surface area contributed by atoms with Crippen LogP contribution in [-0.4, -0.2) is 42.0 Å². The smallest absolute Gasteiger partial charge is 0.0234 e. The molecule has 18 heavy (non-hydrogen) atoms. The minimum Gasteiger partial charge on any atom is -0.326 e. The van der Waals surface area contributed by atoms with Crippen LogP contribution in [-0.2, 0) is 13.1 Å². The van der Waals surface area contributed by atoms with Crippen LogP contribution in [0.5, 0.6) is 0 Å². The topological polar surface area (TPSA) is 32.5 Å². The van der Waals surface area contributed by atoms with Crippen LogP contribution in [0.15, 0.2) is 24.3 Å². The largest absolute Gasteiger partial charge is 0.326 e. The molecule has 0 radical (unpaired) electrons. The molecule has 98 valence electrons. The molecule has 3 heteroatoms. The molecule has 0 bridgehead atoms. The van der Waals surface area contributed by atoms with Crippen LogP contribution in [0.1, 0.15) is 24.0 Å². The molecule has 2 N–H and O–H groups in total. The van der Waals surface area contributed by atoms with Gasteiger partial charge in [0.25, 0.3) is 0 Å². The summed E-state index contributed by atoms with van der Waals surface area (Å²) in [4.78, 5) is 5.26. The third kappa shape index (κ3) is 2.58. The van der Waals surface area contributed by atoms with Gasteiger partial charge in [0.15, 0.2) is 0 Å². The SMILES string of the molecule is NCc1ccc(CN2CCN3CCC[C@@H]3C2)cc1. The first-order valence-corrected chi connectivity index (χ1v) is 7.09. The van der Waals surface area contributed by atoms with E-state index in [2.05, 4.69) is 34.1 Å². The first-order valence-electron chi connectivity index (χ1n) is 7.09. The van der Waals surface area contributed by atoms with E-state index in [1.54, 1.807) is 0 Å². The van der Waals surface area contributed by atoms with Crippen LogP contribution in [0.25, 0.3) is 0 Å². The van der Waals surface area contributed by atoms with E-state index in [0.29, 0.717) is 6.54 Å². The molecular weight excluding hydrogens is 222 g/mol. The molecule has 1 atom stereocenters. The lowest BCUT2D eigenvalue weighted by Gasteiger charge is -2.37. The fourth-order valence-electron chi connectivity index (χ4n) is 3.24. The highest BCUT2D eigenvalue weighted by molar-refractivity contribution is 5.22. The van der Waals surface area contributed by atoms with Crippen LogP contribution in [0.4, 0.5) is 0 Å². The summed E-state index contributed by atoms with van der Waals surface area (Å²) >= 11 is 0. The fraction of sp³-hybridized carbons (Fsp3) is 0.600. The van der Waals surface area contributed by atoms with Crippen molar-refractivity contribution in [2.45, 2.75) is 32.0 Å². The van der Waals surface area contributed by atoms with Gasteiger partial charge in [-0.3, -0.25) is 9.80 Å². The first kappa shape index (κ1) is 12.2. The third-order valence-corrected chi connectivity index (χ3v) is 4.34. The van der Waals surface area contributed by atoms with Gasteiger partial charge in [-0.25, -0.2) is 0 Å². The molecule has 2 fully saturated rings. The number of fused-ring (bicyclic) bond motifs is 1. The highest BCUT2D eigenvalue weighted by atomic mass is 15.3. The Morgan fingerprint density at radius 1 is 1.06 bits per heavy atom. The molecule has 0 aliphatic carbocycles. The fourth-order valence-corrected chi connectivity index (χ4v) is 3.24. The van der Waals surface area contributed by atoms with Crippen molar-refractivity contribution >= 4 is 0 Å². The van der Waals surface area contributed by atoms with E-state index in [0.717, 1.165) is 12.6 Å². The zero-order valence-electron chi connectivity index (χ0n) is 11.0. The van der Waals surface area contributed by atoms with Gasteiger partial charge < -0.3 is 5.73 Å². The third-order valence-electron chi connectivity index (χ3n) is 4.34. The number of piperazine rings is 1. The van der Waals surface area contributed by atoms with E-state index in [1.165, 1.54) is 50.1 Å². The van der Waals surface area contributed by atoms with Crippen LogP contribution in [0.3, 0.4) is 0 Å². The van der Waals surface area contributed by atoms with Gasteiger partial charge in [-0.2, -0.15) is 0 Å². The Balaban J connectivity index is 1.58. The van der Waals surface area contributed by atoms with Crippen LogP contribution in [0.2, 0.25) is 0 Å². The van der Waals surface area contributed by atoms with Crippen LogP contribution < -0.4 is 5.73 Å². The molecular formula is C15H23N3. The van der Waals surface area contributed by atoms with E-state index in [1.807, 2.05) is 0 Å². The minimum atomic E-state index is 0.640. The number of rotatable bonds is 3. The summed E-state index contributed by atoms with van der Waals surface area (Å²) in [6, 6.07) is 9.58. The van der Waals surface area contributed by atoms with E-state index in [4.69, 9.17) is 5.73 Å². The summed E-state index contributed by atoms with van der Waals surface area (Å²) in [5, 5.41) is 0. The summed E-state index contributed by atoms with van der Waals surface area (Å²) in [7, 11) is 0. The van der Waals surface area contributed by atoms with Gasteiger partial charge in [-0.1, -0.05) is 24.3 Å². The summed E-state index contributed by atoms with van der Waals surface area (Å²) in [5.41, 5.74) is 8.26. The van der Waals surface area contributed by atoms with Crippen LogP contribution >= 0.6 is 0 Å². The van der Waals surface area contributed by atoms with E-state index < -0.39 is 0 Å². The van der Waals surface area contributed by atoms with Gasteiger partial charge in [0.1, 0.15) is 0 Å². The highest BCUT2D eigenvalue weighted by Crippen LogP contribution is 2.22. The Labute approximate surface area is 110 Å². The molecule has 2 saturated heterocycles. The molecule has 0 saturated carbocycles. The predicted octanol–water partition coefficient (Wildman–Crippen LogP) is 1.43. The van der Waals surface area contributed by atoms with Gasteiger partial charge in [0.2, 0.25) is 0 Å². The van der Waals surface area contributed by atoms with Crippen molar-refractivity contribution in [1.82, 2.24) is 9.80 Å². The number of nitrogens with zero attached hydrogens (tertiary/aromatic N) is 2. The van der Waals surface area contributed by atoms with Gasteiger partial charge >= 0.3 is 0 Å². The van der Waals surface area contributed by atoms with Gasteiger partial charge in [-0.15, -0.1) is 0 Å². The second-order valence-corrected chi connectivity index (χ2v) is 5.59. The van der Waals surface area contributed by atoms with Crippen molar-refractivity contribution in [3.05, 3.63) is 35.4 Å². The number of nitrogens with two attached hydrogens (primary N) is 1. The number of hydrogen-bond donors (Lipinski definition) is 1. The Hall–Kier alpha value is -0.900. The molecule has 1 aromatic rings. The molecule has 0 aromatic heterocycles. The second-order valence-electron chi connectivity index (χ2n) is 5.59. The van der Waals surface area contributed by atoms with Gasteiger partial charge in [0, 0.05) is 38.8 Å². The second kappa shape index (κ2) is 5.39. The van der Waals surface area contributed by atoms with Crippen molar-refractivity contribution in [1.29, 1.82) is 0 Å². The summed E-state index contributed by atoms with van der Waals surface area (Å²) in [6.45, 7) is 6.78. The Kier molecular flexibility index (Phi) is 3.64. The lowest BCUT2D eigenvalue weighted by molar-refractivity contribution is 0.0994.